The molecule has 0 bridgehead atoms. The number of nitriles is 1. The van der Waals surface area contributed by atoms with Gasteiger partial charge in [-0.25, -0.2) is 9.78 Å². The summed E-state index contributed by atoms with van der Waals surface area (Å²) in [5, 5.41) is 12.8. The van der Waals surface area contributed by atoms with Crippen molar-refractivity contribution in [1.29, 1.82) is 5.26 Å². The number of para-hydroxylation sites is 1. The number of furan rings is 1. The summed E-state index contributed by atoms with van der Waals surface area (Å²) in [6.07, 6.45) is 4.84. The molecular weight excluding hydrogens is 466 g/mol. The monoisotopic (exact) mass is 483 g/mol. The predicted octanol–water partition coefficient (Wildman–Crippen LogP) is 5.64. The summed E-state index contributed by atoms with van der Waals surface area (Å²) >= 11 is 5.97. The number of aromatic nitrogens is 1. The lowest BCUT2D eigenvalue weighted by Gasteiger charge is -2.13. The highest BCUT2D eigenvalue weighted by Gasteiger charge is 2.28. The van der Waals surface area contributed by atoms with Crippen LogP contribution in [0.4, 0.5) is 5.69 Å². The minimum Gasteiger partial charge on any atom is -0.465 e. The quantitative estimate of drug-likeness (QED) is 0.368. The maximum Gasteiger partial charge on any atom is 0.339 e. The predicted molar refractivity (Wildman–Crippen MR) is 132 cm³/mol. The topological polar surface area (TPSA) is 105 Å². The number of pyridine rings is 1. The molecule has 35 heavy (non-hydrogen) atoms. The Hall–Kier alpha value is -4.41. The molecule has 0 spiro atoms. The Morgan fingerprint density at radius 2 is 2.03 bits per heavy atom. The van der Waals surface area contributed by atoms with Crippen LogP contribution in [0.5, 0.6) is 0 Å². The van der Waals surface area contributed by atoms with Gasteiger partial charge in [0.05, 0.1) is 34.3 Å². The van der Waals surface area contributed by atoms with Gasteiger partial charge >= 0.3 is 5.97 Å². The number of carbonyl (C=O) groups is 2. The maximum absolute atomic E-state index is 13.2. The second-order valence-electron chi connectivity index (χ2n) is 7.94. The summed E-state index contributed by atoms with van der Waals surface area (Å²) in [6.45, 7) is -0.517. The van der Waals surface area contributed by atoms with Gasteiger partial charge in [0.1, 0.15) is 11.8 Å². The van der Waals surface area contributed by atoms with Gasteiger partial charge in [-0.2, -0.15) is 5.26 Å². The number of anilines is 1. The number of allylic oxidation sites excluding steroid dienone is 1. The third-order valence-corrected chi connectivity index (χ3v) is 5.95. The van der Waals surface area contributed by atoms with E-state index in [9.17, 15) is 14.9 Å². The highest BCUT2D eigenvalue weighted by atomic mass is 35.5. The molecule has 172 valence electrons. The summed E-state index contributed by atoms with van der Waals surface area (Å²) in [7, 11) is 0. The van der Waals surface area contributed by atoms with Crippen LogP contribution in [0.2, 0.25) is 5.02 Å². The zero-order valence-corrected chi connectivity index (χ0v) is 19.1. The van der Waals surface area contributed by atoms with Gasteiger partial charge in [-0.3, -0.25) is 4.79 Å². The summed E-state index contributed by atoms with van der Waals surface area (Å²) < 4.78 is 10.9. The van der Waals surface area contributed by atoms with Gasteiger partial charge in [-0.15, -0.1) is 0 Å². The Labute approximate surface area is 205 Å². The van der Waals surface area contributed by atoms with E-state index in [4.69, 9.17) is 25.7 Å². The Morgan fingerprint density at radius 1 is 1.17 bits per heavy atom. The number of halogens is 1. The van der Waals surface area contributed by atoms with Crippen molar-refractivity contribution in [2.45, 2.75) is 12.8 Å². The lowest BCUT2D eigenvalue weighted by atomic mass is 10.0. The molecule has 5 rings (SSSR count). The lowest BCUT2D eigenvalue weighted by Crippen LogP contribution is -2.22. The SMILES string of the molecule is N#Cc1ccc(Cl)cc1NC(=O)COC(=O)c1c2c(nc3ccccc13)/C(=C\c1ccco1)CC2. The van der Waals surface area contributed by atoms with E-state index >= 15 is 0 Å². The number of benzene rings is 2. The van der Waals surface area contributed by atoms with Crippen molar-refractivity contribution in [3.8, 4) is 6.07 Å². The highest BCUT2D eigenvalue weighted by molar-refractivity contribution is 6.31. The van der Waals surface area contributed by atoms with E-state index in [0.717, 1.165) is 16.8 Å². The molecule has 2 aromatic carbocycles. The van der Waals surface area contributed by atoms with Crippen molar-refractivity contribution < 1.29 is 18.7 Å². The first-order chi connectivity index (χ1) is 17.0. The number of ether oxygens (including phenoxy) is 1. The minimum atomic E-state index is -0.610. The Balaban J connectivity index is 1.42. The fraction of sp³-hybridized carbons (Fsp3) is 0.111. The Bertz CT molecular complexity index is 1530. The molecule has 0 fully saturated rings. The zero-order chi connectivity index (χ0) is 24.4. The number of hydrogen-bond acceptors (Lipinski definition) is 6. The molecule has 1 N–H and O–H groups in total. The smallest absolute Gasteiger partial charge is 0.339 e. The molecule has 0 radical (unpaired) electrons. The second-order valence-corrected chi connectivity index (χ2v) is 8.38. The molecule has 4 aromatic rings. The van der Waals surface area contributed by atoms with Crippen molar-refractivity contribution in [2.24, 2.45) is 0 Å². The van der Waals surface area contributed by atoms with E-state index in [0.29, 0.717) is 40.1 Å². The van der Waals surface area contributed by atoms with Gasteiger partial charge < -0.3 is 14.5 Å². The summed E-state index contributed by atoms with van der Waals surface area (Å²) in [4.78, 5) is 30.5. The first-order valence-corrected chi connectivity index (χ1v) is 11.2. The highest BCUT2D eigenvalue weighted by Crippen LogP contribution is 2.37. The largest absolute Gasteiger partial charge is 0.465 e. The minimum absolute atomic E-state index is 0.253. The van der Waals surface area contributed by atoms with E-state index in [-0.39, 0.29) is 11.3 Å². The first-order valence-electron chi connectivity index (χ1n) is 10.9. The molecule has 1 aliphatic carbocycles. The van der Waals surface area contributed by atoms with E-state index in [1.165, 1.54) is 12.1 Å². The van der Waals surface area contributed by atoms with Crippen LogP contribution < -0.4 is 5.32 Å². The van der Waals surface area contributed by atoms with Gasteiger partial charge in [0, 0.05) is 10.4 Å². The summed E-state index contributed by atoms with van der Waals surface area (Å²) in [5.74, 6) is -0.479. The van der Waals surface area contributed by atoms with Gasteiger partial charge in [0.2, 0.25) is 0 Å². The zero-order valence-electron chi connectivity index (χ0n) is 18.4. The van der Waals surface area contributed by atoms with Gasteiger partial charge in [0.15, 0.2) is 6.61 Å². The molecule has 0 atom stereocenters. The van der Waals surface area contributed by atoms with Crippen LogP contribution in [0, 0.1) is 11.3 Å². The number of hydrogen-bond donors (Lipinski definition) is 1. The molecule has 2 aromatic heterocycles. The standard InChI is InChI=1S/C27H18ClN3O4/c28-18-9-7-17(14-29)23(13-18)30-24(32)15-35-27(33)25-20-5-1-2-6-22(20)31-26-16(8-10-21(25)26)12-19-4-3-11-34-19/h1-7,9,11-13H,8,10,15H2,(H,30,32)/b16-12-. The van der Waals surface area contributed by atoms with E-state index in [2.05, 4.69) is 5.32 Å². The normalized spacial score (nSPS) is 13.4. The van der Waals surface area contributed by atoms with Crippen LogP contribution in [-0.4, -0.2) is 23.5 Å². The summed E-state index contributed by atoms with van der Waals surface area (Å²) in [5.41, 5.74) is 4.06. The van der Waals surface area contributed by atoms with Crippen LogP contribution in [0.3, 0.4) is 0 Å². The lowest BCUT2D eigenvalue weighted by molar-refractivity contribution is -0.119. The molecule has 8 heteroatoms. The molecular formula is C27H18ClN3O4. The Morgan fingerprint density at radius 3 is 2.83 bits per heavy atom. The average Bonchev–Trinajstić information content (AvgIpc) is 3.52. The average molecular weight is 484 g/mol. The van der Waals surface area contributed by atoms with Crippen LogP contribution >= 0.6 is 11.6 Å². The molecule has 0 aliphatic heterocycles. The third kappa shape index (κ3) is 4.52. The van der Waals surface area contributed by atoms with Crippen molar-refractivity contribution in [2.75, 3.05) is 11.9 Å². The number of nitrogens with one attached hydrogen (secondary N) is 1. The molecule has 1 aliphatic rings. The maximum atomic E-state index is 13.2. The van der Waals surface area contributed by atoms with Crippen molar-refractivity contribution >= 4 is 51.7 Å². The van der Waals surface area contributed by atoms with Gasteiger partial charge in [-0.05, 0) is 66.5 Å². The molecule has 2 heterocycles. The first kappa shape index (κ1) is 22.4. The third-order valence-electron chi connectivity index (χ3n) is 5.72. The number of rotatable bonds is 5. The van der Waals surface area contributed by atoms with Crippen LogP contribution in [-0.2, 0) is 16.0 Å². The number of amides is 1. The van der Waals surface area contributed by atoms with Gasteiger partial charge in [-0.1, -0.05) is 29.8 Å². The van der Waals surface area contributed by atoms with Crippen molar-refractivity contribution in [3.05, 3.63) is 94.0 Å². The van der Waals surface area contributed by atoms with Gasteiger partial charge in [0.25, 0.3) is 5.91 Å². The van der Waals surface area contributed by atoms with Crippen LogP contribution in [0.25, 0.3) is 22.6 Å². The molecule has 1 amide bonds. The van der Waals surface area contributed by atoms with Crippen LogP contribution in [0.15, 0.2) is 65.3 Å². The van der Waals surface area contributed by atoms with Crippen LogP contribution in [0.1, 0.15) is 39.4 Å². The van der Waals surface area contributed by atoms with E-state index in [1.54, 1.807) is 12.3 Å². The van der Waals surface area contributed by atoms with E-state index < -0.39 is 18.5 Å². The molecule has 0 saturated carbocycles. The van der Waals surface area contributed by atoms with Crippen molar-refractivity contribution in [3.63, 3.8) is 0 Å². The molecule has 7 nitrogen and oxygen atoms in total. The Kier molecular flexibility index (Phi) is 6.04. The van der Waals surface area contributed by atoms with E-state index in [1.807, 2.05) is 48.5 Å². The number of carbonyl (C=O) groups excluding carboxylic acids is 2. The number of fused-ring (bicyclic) bond motifs is 2. The fourth-order valence-electron chi connectivity index (χ4n) is 4.16. The number of esters is 1. The number of nitrogens with zero attached hydrogens (tertiary/aromatic N) is 2. The summed E-state index contributed by atoms with van der Waals surface area (Å²) in [6, 6.07) is 17.5. The second kappa shape index (κ2) is 9.45. The van der Waals surface area contributed by atoms with Crippen molar-refractivity contribution in [1.82, 2.24) is 4.98 Å². The molecule has 0 saturated heterocycles. The fourth-order valence-corrected chi connectivity index (χ4v) is 4.34. The molecule has 0 unspecified atom stereocenters.